The fourth-order valence-corrected chi connectivity index (χ4v) is 2.81. The molecule has 1 heterocycles. The lowest BCUT2D eigenvalue weighted by atomic mass is 10.1. The van der Waals surface area contributed by atoms with Crippen molar-refractivity contribution in [2.75, 3.05) is 23.3 Å². The highest BCUT2D eigenvalue weighted by molar-refractivity contribution is 5.99. The molecule has 1 aromatic carbocycles. The maximum absolute atomic E-state index is 12.1. The van der Waals surface area contributed by atoms with Crippen molar-refractivity contribution >= 4 is 29.2 Å². The highest BCUT2D eigenvalue weighted by Crippen LogP contribution is 2.30. The largest absolute Gasteiger partial charge is 0.481 e. The first-order chi connectivity index (χ1) is 11.5. The van der Waals surface area contributed by atoms with Gasteiger partial charge in [-0.05, 0) is 43.9 Å². The Morgan fingerprint density at radius 2 is 1.83 bits per heavy atom. The molecule has 1 aliphatic rings. The Labute approximate surface area is 140 Å². The number of nitrogens with two attached hydrogens (primary N) is 1. The lowest BCUT2D eigenvalue weighted by Crippen LogP contribution is -2.30. The second-order valence-corrected chi connectivity index (χ2v) is 5.94. The molecule has 0 radical (unpaired) electrons. The van der Waals surface area contributed by atoms with Crippen LogP contribution in [0.2, 0.25) is 0 Å². The molecule has 0 aliphatic carbocycles. The van der Waals surface area contributed by atoms with Crippen molar-refractivity contribution in [1.29, 1.82) is 0 Å². The molecule has 2 rings (SSSR count). The van der Waals surface area contributed by atoms with Gasteiger partial charge in [-0.2, -0.15) is 0 Å². The van der Waals surface area contributed by atoms with Gasteiger partial charge in [0.1, 0.15) is 0 Å². The molecule has 24 heavy (non-hydrogen) atoms. The number of carboxylic acids is 1. The van der Waals surface area contributed by atoms with E-state index in [1.807, 2.05) is 0 Å². The van der Waals surface area contributed by atoms with Gasteiger partial charge in [-0.1, -0.05) is 0 Å². The summed E-state index contributed by atoms with van der Waals surface area (Å²) in [4.78, 5) is 36.2. The van der Waals surface area contributed by atoms with Crippen LogP contribution in [-0.2, 0) is 9.59 Å². The van der Waals surface area contributed by atoms with Crippen LogP contribution in [-0.4, -0.2) is 36.0 Å². The predicted molar refractivity (Wildman–Crippen MR) is 91.1 cm³/mol. The summed E-state index contributed by atoms with van der Waals surface area (Å²) in [6, 6.07) is 5.05. The van der Waals surface area contributed by atoms with Crippen molar-refractivity contribution in [1.82, 2.24) is 0 Å². The number of aliphatic carboxylic acids is 1. The zero-order chi connectivity index (χ0) is 17.5. The van der Waals surface area contributed by atoms with Gasteiger partial charge >= 0.3 is 5.97 Å². The summed E-state index contributed by atoms with van der Waals surface area (Å²) in [7, 11) is 0. The van der Waals surface area contributed by atoms with Crippen LogP contribution in [0.4, 0.5) is 11.4 Å². The van der Waals surface area contributed by atoms with Crippen LogP contribution < -0.4 is 16.0 Å². The van der Waals surface area contributed by atoms with Gasteiger partial charge in [-0.3, -0.25) is 14.4 Å². The van der Waals surface area contributed by atoms with Crippen molar-refractivity contribution in [3.05, 3.63) is 23.8 Å². The molecule has 1 aliphatic heterocycles. The van der Waals surface area contributed by atoms with Gasteiger partial charge < -0.3 is 21.1 Å². The SMILES string of the molecule is NC(=O)c1ccc(N2CCCCC2)c(NC(=O)CCCC(=O)O)c1. The van der Waals surface area contributed by atoms with Gasteiger partial charge in [0, 0.05) is 31.5 Å². The second-order valence-electron chi connectivity index (χ2n) is 5.94. The number of hydrogen-bond acceptors (Lipinski definition) is 4. The molecule has 0 spiro atoms. The Kier molecular flexibility index (Phi) is 6.17. The van der Waals surface area contributed by atoms with Gasteiger partial charge in [0.05, 0.1) is 11.4 Å². The number of carbonyl (C=O) groups is 3. The normalized spacial score (nSPS) is 14.2. The number of carbonyl (C=O) groups excluding carboxylic acids is 2. The molecule has 130 valence electrons. The molecule has 0 atom stereocenters. The summed E-state index contributed by atoms with van der Waals surface area (Å²) < 4.78 is 0. The minimum absolute atomic E-state index is 0.0479. The second kappa shape index (κ2) is 8.33. The van der Waals surface area contributed by atoms with E-state index in [1.54, 1.807) is 18.2 Å². The number of carboxylic acid groups (broad SMARTS) is 1. The van der Waals surface area contributed by atoms with Crippen LogP contribution in [0.15, 0.2) is 18.2 Å². The first kappa shape index (κ1) is 17.8. The lowest BCUT2D eigenvalue weighted by Gasteiger charge is -2.30. The molecular weight excluding hydrogens is 310 g/mol. The summed E-state index contributed by atoms with van der Waals surface area (Å²) in [5.41, 5.74) is 7.07. The molecular formula is C17H23N3O4. The summed E-state index contributed by atoms with van der Waals surface area (Å²) in [5, 5.41) is 11.4. The zero-order valence-corrected chi connectivity index (χ0v) is 13.6. The molecule has 0 aromatic heterocycles. The molecule has 4 N–H and O–H groups in total. The Hall–Kier alpha value is -2.57. The maximum Gasteiger partial charge on any atom is 0.303 e. The van der Waals surface area contributed by atoms with Crippen LogP contribution in [0.25, 0.3) is 0 Å². The number of rotatable bonds is 7. The van der Waals surface area contributed by atoms with Gasteiger partial charge in [-0.25, -0.2) is 0 Å². The third-order valence-electron chi connectivity index (χ3n) is 4.05. The fraction of sp³-hybridized carbons (Fsp3) is 0.471. The van der Waals surface area contributed by atoms with Crippen LogP contribution in [0.5, 0.6) is 0 Å². The Morgan fingerprint density at radius 1 is 1.12 bits per heavy atom. The first-order valence-corrected chi connectivity index (χ1v) is 8.18. The molecule has 1 saturated heterocycles. The average Bonchev–Trinajstić information content (AvgIpc) is 2.55. The van der Waals surface area contributed by atoms with E-state index >= 15 is 0 Å². The van der Waals surface area contributed by atoms with Crippen LogP contribution >= 0.6 is 0 Å². The van der Waals surface area contributed by atoms with E-state index in [1.165, 1.54) is 6.42 Å². The highest BCUT2D eigenvalue weighted by atomic mass is 16.4. The molecule has 7 heteroatoms. The third kappa shape index (κ3) is 4.97. The molecule has 0 unspecified atom stereocenters. The van der Waals surface area contributed by atoms with E-state index in [2.05, 4.69) is 10.2 Å². The fourth-order valence-electron chi connectivity index (χ4n) is 2.81. The van der Waals surface area contributed by atoms with Crippen molar-refractivity contribution in [2.24, 2.45) is 5.73 Å². The minimum Gasteiger partial charge on any atom is -0.481 e. The smallest absolute Gasteiger partial charge is 0.303 e. The van der Waals surface area contributed by atoms with Crippen molar-refractivity contribution in [3.8, 4) is 0 Å². The molecule has 0 saturated carbocycles. The van der Waals surface area contributed by atoms with Gasteiger partial charge in [0.2, 0.25) is 11.8 Å². The van der Waals surface area contributed by atoms with Gasteiger partial charge in [0.25, 0.3) is 0 Å². The van der Waals surface area contributed by atoms with Crippen LogP contribution in [0.3, 0.4) is 0 Å². The molecule has 2 amide bonds. The predicted octanol–water partition coefficient (Wildman–Crippen LogP) is 1.97. The standard InChI is InChI=1S/C17H23N3O4/c18-17(24)12-7-8-14(20-9-2-1-3-10-20)13(11-12)19-15(21)5-4-6-16(22)23/h7-8,11H,1-6,9-10H2,(H2,18,24)(H,19,21)(H,22,23). The van der Waals surface area contributed by atoms with E-state index in [9.17, 15) is 14.4 Å². The number of primary amides is 1. The minimum atomic E-state index is -0.924. The number of hydrogen-bond donors (Lipinski definition) is 3. The molecule has 0 bridgehead atoms. The van der Waals surface area contributed by atoms with E-state index in [4.69, 9.17) is 10.8 Å². The number of nitrogens with zero attached hydrogens (tertiary/aromatic N) is 1. The number of nitrogens with one attached hydrogen (secondary N) is 1. The molecule has 7 nitrogen and oxygen atoms in total. The van der Waals surface area contributed by atoms with E-state index in [0.717, 1.165) is 31.6 Å². The Bertz CT molecular complexity index is 624. The monoisotopic (exact) mass is 333 g/mol. The summed E-state index contributed by atoms with van der Waals surface area (Å²) in [6.45, 7) is 1.80. The van der Waals surface area contributed by atoms with Crippen LogP contribution in [0.1, 0.15) is 48.9 Å². The number of amides is 2. The van der Waals surface area contributed by atoms with Crippen molar-refractivity contribution in [3.63, 3.8) is 0 Å². The lowest BCUT2D eigenvalue weighted by molar-refractivity contribution is -0.137. The van der Waals surface area contributed by atoms with E-state index in [-0.39, 0.29) is 25.2 Å². The topological polar surface area (TPSA) is 113 Å². The van der Waals surface area contributed by atoms with Crippen LogP contribution in [0, 0.1) is 0 Å². The van der Waals surface area contributed by atoms with E-state index < -0.39 is 11.9 Å². The van der Waals surface area contributed by atoms with Gasteiger partial charge in [0.15, 0.2) is 0 Å². The van der Waals surface area contributed by atoms with Crippen molar-refractivity contribution < 1.29 is 19.5 Å². The number of benzene rings is 1. The van der Waals surface area contributed by atoms with Crippen molar-refractivity contribution in [2.45, 2.75) is 38.5 Å². The number of piperidine rings is 1. The summed E-state index contributed by atoms with van der Waals surface area (Å²) >= 11 is 0. The summed E-state index contributed by atoms with van der Waals surface area (Å²) in [5.74, 6) is -1.75. The Balaban J connectivity index is 2.14. The Morgan fingerprint density at radius 3 is 2.46 bits per heavy atom. The molecule has 1 aromatic rings. The first-order valence-electron chi connectivity index (χ1n) is 8.18. The molecule has 1 fully saturated rings. The maximum atomic E-state index is 12.1. The average molecular weight is 333 g/mol. The number of anilines is 2. The van der Waals surface area contributed by atoms with E-state index in [0.29, 0.717) is 11.3 Å². The quantitative estimate of drug-likeness (QED) is 0.706. The summed E-state index contributed by atoms with van der Waals surface area (Å²) in [6.07, 6.45) is 3.70. The highest BCUT2D eigenvalue weighted by Gasteiger charge is 2.17. The zero-order valence-electron chi connectivity index (χ0n) is 13.6. The third-order valence-corrected chi connectivity index (χ3v) is 4.05. The van der Waals surface area contributed by atoms with Gasteiger partial charge in [-0.15, -0.1) is 0 Å².